The lowest BCUT2D eigenvalue weighted by Gasteiger charge is -2.20. The number of aromatic nitrogens is 3. The first-order valence-electron chi connectivity index (χ1n) is 8.64. The van der Waals surface area contributed by atoms with E-state index >= 15 is 0 Å². The summed E-state index contributed by atoms with van der Waals surface area (Å²) in [5, 5.41) is 7.35. The van der Waals surface area contributed by atoms with Crippen molar-refractivity contribution in [1.29, 1.82) is 0 Å². The molecule has 1 saturated carbocycles. The number of rotatable bonds is 5. The van der Waals surface area contributed by atoms with Gasteiger partial charge >= 0.3 is 5.69 Å². The van der Waals surface area contributed by atoms with Gasteiger partial charge in [0.15, 0.2) is 5.82 Å². The van der Waals surface area contributed by atoms with Crippen LogP contribution in [0.25, 0.3) is 11.4 Å². The van der Waals surface area contributed by atoms with E-state index in [1.165, 1.54) is 15.7 Å². The smallest absolute Gasteiger partial charge is 0.345 e. The van der Waals surface area contributed by atoms with Crippen LogP contribution >= 0.6 is 0 Å². The van der Waals surface area contributed by atoms with Crippen molar-refractivity contribution in [3.63, 3.8) is 0 Å². The van der Waals surface area contributed by atoms with Gasteiger partial charge in [0.1, 0.15) is 0 Å². The number of nitrogens with one attached hydrogen (secondary N) is 1. The van der Waals surface area contributed by atoms with Crippen molar-refractivity contribution in [3.8, 4) is 11.4 Å². The summed E-state index contributed by atoms with van der Waals surface area (Å²) >= 11 is 0. The topological polar surface area (TPSA) is 68.9 Å². The van der Waals surface area contributed by atoms with Crippen LogP contribution in [0.1, 0.15) is 32.1 Å². The zero-order chi connectivity index (χ0) is 16.9. The Hall–Kier alpha value is -2.37. The standard InChI is InChI=1S/C18H24N4O2/c1-21-16(14-8-4-2-5-9-14)20-22(18(21)24)13-12-19-17(23)15-10-6-3-7-11-15/h2,4-5,8-9,15H,3,6-7,10-13H2,1H3,(H,19,23). The van der Waals surface area contributed by atoms with E-state index in [1.54, 1.807) is 7.05 Å². The predicted molar refractivity (Wildman–Crippen MR) is 92.5 cm³/mol. The Morgan fingerprint density at radius 2 is 1.92 bits per heavy atom. The summed E-state index contributed by atoms with van der Waals surface area (Å²) in [7, 11) is 1.72. The Morgan fingerprint density at radius 1 is 1.21 bits per heavy atom. The first kappa shape index (κ1) is 16.5. The van der Waals surface area contributed by atoms with Crippen LogP contribution < -0.4 is 11.0 Å². The summed E-state index contributed by atoms with van der Waals surface area (Å²) in [5.74, 6) is 0.889. The number of carbonyl (C=O) groups excluding carboxylic acids is 1. The molecular formula is C18H24N4O2. The van der Waals surface area contributed by atoms with Crippen molar-refractivity contribution in [3.05, 3.63) is 40.8 Å². The minimum Gasteiger partial charge on any atom is -0.354 e. The van der Waals surface area contributed by atoms with E-state index in [1.807, 2.05) is 30.3 Å². The SMILES string of the molecule is Cn1c(-c2ccccc2)nn(CCNC(=O)C2CCCCC2)c1=O. The van der Waals surface area contributed by atoms with Crippen LogP contribution in [-0.2, 0) is 18.4 Å². The van der Waals surface area contributed by atoms with Crippen LogP contribution in [0.5, 0.6) is 0 Å². The third-order valence-corrected chi connectivity index (χ3v) is 4.67. The van der Waals surface area contributed by atoms with Crippen LogP contribution in [0.15, 0.2) is 35.1 Å². The molecule has 2 aromatic rings. The number of benzene rings is 1. The fraction of sp³-hybridized carbons (Fsp3) is 0.500. The molecule has 0 spiro atoms. The molecule has 6 heteroatoms. The summed E-state index contributed by atoms with van der Waals surface area (Å²) < 4.78 is 2.96. The summed E-state index contributed by atoms with van der Waals surface area (Å²) in [4.78, 5) is 24.4. The fourth-order valence-corrected chi connectivity index (χ4v) is 3.27. The summed E-state index contributed by atoms with van der Waals surface area (Å²) in [5.41, 5.74) is 0.739. The van der Waals surface area contributed by atoms with Gasteiger partial charge in [-0.2, -0.15) is 0 Å². The maximum atomic E-state index is 12.3. The van der Waals surface area contributed by atoms with Crippen molar-refractivity contribution >= 4 is 5.91 Å². The molecule has 6 nitrogen and oxygen atoms in total. The molecule has 0 aliphatic heterocycles. The van der Waals surface area contributed by atoms with Crippen molar-refractivity contribution in [2.45, 2.75) is 38.6 Å². The lowest BCUT2D eigenvalue weighted by Crippen LogP contribution is -2.36. The maximum Gasteiger partial charge on any atom is 0.345 e. The molecule has 24 heavy (non-hydrogen) atoms. The minimum atomic E-state index is -0.166. The number of amides is 1. The lowest BCUT2D eigenvalue weighted by molar-refractivity contribution is -0.125. The Morgan fingerprint density at radius 3 is 2.62 bits per heavy atom. The zero-order valence-electron chi connectivity index (χ0n) is 14.1. The molecule has 0 bridgehead atoms. The monoisotopic (exact) mass is 328 g/mol. The van der Waals surface area contributed by atoms with Gasteiger partial charge in [0.05, 0.1) is 6.54 Å². The van der Waals surface area contributed by atoms with Gasteiger partial charge in [-0.15, -0.1) is 5.10 Å². The first-order chi connectivity index (χ1) is 11.7. The van der Waals surface area contributed by atoms with Crippen molar-refractivity contribution < 1.29 is 4.79 Å². The van der Waals surface area contributed by atoms with Gasteiger partial charge in [-0.3, -0.25) is 9.36 Å². The average Bonchev–Trinajstić information content (AvgIpc) is 2.92. The van der Waals surface area contributed by atoms with Crippen LogP contribution in [0, 0.1) is 5.92 Å². The Labute approximate surface area is 141 Å². The normalized spacial score (nSPS) is 15.4. The molecule has 1 heterocycles. The van der Waals surface area contributed by atoms with E-state index in [9.17, 15) is 9.59 Å². The van der Waals surface area contributed by atoms with Crippen molar-refractivity contribution in [2.24, 2.45) is 13.0 Å². The minimum absolute atomic E-state index is 0.113. The number of hydrogen-bond donors (Lipinski definition) is 1. The molecule has 0 saturated heterocycles. The van der Waals surface area contributed by atoms with Gasteiger partial charge in [-0.05, 0) is 12.8 Å². The van der Waals surface area contributed by atoms with Crippen molar-refractivity contribution in [1.82, 2.24) is 19.7 Å². The quantitative estimate of drug-likeness (QED) is 0.912. The van der Waals surface area contributed by atoms with Gasteiger partial charge in [0, 0.05) is 25.1 Å². The maximum absolute atomic E-state index is 12.3. The van der Waals surface area contributed by atoms with Crippen LogP contribution in [-0.4, -0.2) is 26.8 Å². The second-order valence-corrected chi connectivity index (χ2v) is 6.38. The Balaban J connectivity index is 1.62. The van der Waals surface area contributed by atoms with Gasteiger partial charge < -0.3 is 5.32 Å². The molecule has 1 amide bonds. The molecule has 1 N–H and O–H groups in total. The molecule has 1 aromatic heterocycles. The van der Waals surface area contributed by atoms with E-state index in [0.29, 0.717) is 18.9 Å². The molecule has 1 fully saturated rings. The number of hydrogen-bond acceptors (Lipinski definition) is 3. The van der Waals surface area contributed by atoms with Gasteiger partial charge in [0.2, 0.25) is 5.91 Å². The second-order valence-electron chi connectivity index (χ2n) is 6.38. The fourth-order valence-electron chi connectivity index (χ4n) is 3.27. The van der Waals surface area contributed by atoms with Gasteiger partial charge in [0.25, 0.3) is 0 Å². The molecule has 1 aliphatic rings. The molecule has 0 radical (unpaired) electrons. The highest BCUT2D eigenvalue weighted by Gasteiger charge is 2.20. The van der Waals surface area contributed by atoms with Gasteiger partial charge in [-0.25, -0.2) is 9.48 Å². The number of carbonyl (C=O) groups is 1. The Kier molecular flexibility index (Phi) is 5.13. The summed E-state index contributed by atoms with van der Waals surface area (Å²) in [6.07, 6.45) is 5.47. The van der Waals surface area contributed by atoms with E-state index in [0.717, 1.165) is 31.2 Å². The van der Waals surface area contributed by atoms with Crippen molar-refractivity contribution in [2.75, 3.05) is 6.54 Å². The molecule has 1 aliphatic carbocycles. The summed E-state index contributed by atoms with van der Waals surface area (Å²) in [6, 6.07) is 9.62. The highest BCUT2D eigenvalue weighted by molar-refractivity contribution is 5.78. The van der Waals surface area contributed by atoms with Crippen LogP contribution in [0.4, 0.5) is 0 Å². The highest BCUT2D eigenvalue weighted by Crippen LogP contribution is 2.23. The van der Waals surface area contributed by atoms with E-state index in [-0.39, 0.29) is 17.5 Å². The van der Waals surface area contributed by atoms with E-state index in [2.05, 4.69) is 10.4 Å². The first-order valence-corrected chi connectivity index (χ1v) is 8.64. The molecule has 3 rings (SSSR count). The van der Waals surface area contributed by atoms with Gasteiger partial charge in [-0.1, -0.05) is 49.6 Å². The second kappa shape index (κ2) is 7.47. The van der Waals surface area contributed by atoms with E-state index < -0.39 is 0 Å². The third-order valence-electron chi connectivity index (χ3n) is 4.67. The lowest BCUT2D eigenvalue weighted by atomic mass is 9.89. The highest BCUT2D eigenvalue weighted by atomic mass is 16.2. The predicted octanol–water partition coefficient (Wildman–Crippen LogP) is 1.95. The summed E-state index contributed by atoms with van der Waals surface area (Å²) in [6.45, 7) is 0.818. The molecule has 0 atom stereocenters. The molecule has 128 valence electrons. The van der Waals surface area contributed by atoms with E-state index in [4.69, 9.17) is 0 Å². The van der Waals surface area contributed by atoms with Crippen LogP contribution in [0.2, 0.25) is 0 Å². The third kappa shape index (κ3) is 3.58. The largest absolute Gasteiger partial charge is 0.354 e. The zero-order valence-corrected chi connectivity index (χ0v) is 14.1. The van der Waals surface area contributed by atoms with Crippen LogP contribution in [0.3, 0.4) is 0 Å². The average molecular weight is 328 g/mol. The molecule has 0 unspecified atom stereocenters. The Bertz CT molecular complexity index is 742. The molecular weight excluding hydrogens is 304 g/mol. The number of nitrogens with zero attached hydrogens (tertiary/aromatic N) is 3. The molecule has 1 aromatic carbocycles.